The topological polar surface area (TPSA) is 107 Å². The van der Waals surface area contributed by atoms with Crippen LogP contribution in [-0.4, -0.2) is 58.6 Å². The fourth-order valence-corrected chi connectivity index (χ4v) is 2.56. The molecule has 0 amide bonds. The zero-order valence-corrected chi connectivity index (χ0v) is 11.3. The van der Waals surface area contributed by atoms with E-state index < -0.39 is 38.2 Å². The van der Waals surface area contributed by atoms with Crippen molar-refractivity contribution in [2.24, 2.45) is 0 Å². The first kappa shape index (κ1) is 14.6. The second-order valence-corrected chi connectivity index (χ2v) is 10.00. The van der Waals surface area contributed by atoms with Gasteiger partial charge in [-0.05, 0) is 19.6 Å². The van der Waals surface area contributed by atoms with E-state index >= 15 is 0 Å². The zero-order valence-electron chi connectivity index (χ0n) is 10.3. The van der Waals surface area contributed by atoms with E-state index in [1.807, 2.05) is 0 Å². The molecule has 100 valence electrons. The third kappa shape index (κ3) is 3.49. The first-order valence-electron chi connectivity index (χ1n) is 5.55. The number of carbonyl (C=O) groups excluding carboxylic acids is 1. The minimum Gasteiger partial charge on any atom is -0.518 e. The van der Waals surface area contributed by atoms with Gasteiger partial charge in [0.05, 0.1) is 12.2 Å². The summed E-state index contributed by atoms with van der Waals surface area (Å²) in [4.78, 5) is 11.8. The minimum atomic E-state index is -2.15. The number of hydrogen-bond donors (Lipinski definition) is 4. The molecule has 0 radical (unpaired) electrons. The molecule has 1 saturated carbocycles. The molecule has 17 heavy (non-hydrogen) atoms. The van der Waals surface area contributed by atoms with Crippen molar-refractivity contribution in [3.63, 3.8) is 0 Å². The molecule has 0 aliphatic heterocycles. The van der Waals surface area contributed by atoms with Gasteiger partial charge in [-0.1, -0.05) is 0 Å². The Bertz CT molecular complexity index is 288. The first-order valence-corrected chi connectivity index (χ1v) is 8.96. The lowest BCUT2D eigenvalue weighted by atomic mass is 9.80. The zero-order chi connectivity index (χ0) is 13.4. The molecule has 0 aromatic rings. The normalized spacial score (nSPS) is 38.9. The van der Waals surface area contributed by atoms with Crippen LogP contribution in [0.1, 0.15) is 12.8 Å². The molecule has 7 heteroatoms. The van der Waals surface area contributed by atoms with Gasteiger partial charge in [-0.2, -0.15) is 0 Å². The van der Waals surface area contributed by atoms with Crippen molar-refractivity contribution in [2.75, 3.05) is 0 Å². The van der Waals surface area contributed by atoms with Gasteiger partial charge < -0.3 is 24.9 Å². The highest BCUT2D eigenvalue weighted by Gasteiger charge is 2.50. The Morgan fingerprint density at radius 1 is 1.18 bits per heavy atom. The number of carbonyl (C=O) groups is 1. The number of rotatable bonds is 2. The number of aliphatic hydroxyl groups is 4. The van der Waals surface area contributed by atoms with E-state index in [4.69, 9.17) is 4.43 Å². The van der Waals surface area contributed by atoms with Crippen LogP contribution in [0.3, 0.4) is 0 Å². The molecular formula is C10H20O6Si. The first-order chi connectivity index (χ1) is 7.55. The van der Waals surface area contributed by atoms with E-state index in [1.54, 1.807) is 19.6 Å². The molecule has 2 unspecified atom stereocenters. The second kappa shape index (κ2) is 4.66. The van der Waals surface area contributed by atoms with Crippen LogP contribution in [0.5, 0.6) is 0 Å². The largest absolute Gasteiger partial charge is 0.518 e. The van der Waals surface area contributed by atoms with Gasteiger partial charge in [0.1, 0.15) is 6.10 Å². The molecule has 0 bridgehead atoms. The van der Waals surface area contributed by atoms with Crippen molar-refractivity contribution < 1.29 is 29.6 Å². The summed E-state index contributed by atoms with van der Waals surface area (Å²) in [5, 5.41) is 38.3. The van der Waals surface area contributed by atoms with Gasteiger partial charge in [-0.3, -0.25) is 4.79 Å². The molecule has 0 saturated heterocycles. The van der Waals surface area contributed by atoms with E-state index in [9.17, 15) is 25.2 Å². The summed E-state index contributed by atoms with van der Waals surface area (Å²) < 4.78 is 5.16. The Hall–Kier alpha value is -0.473. The Kier molecular flexibility index (Phi) is 4.00. The van der Waals surface area contributed by atoms with Gasteiger partial charge in [-0.25, -0.2) is 0 Å². The summed E-state index contributed by atoms with van der Waals surface area (Å²) in [6.07, 6.45) is -4.66. The van der Waals surface area contributed by atoms with Crippen molar-refractivity contribution in [2.45, 2.75) is 56.4 Å². The standard InChI is InChI=1S/C10H20O6Si/c1-17(2,3)16-9(14)10(15)4-6(11)8(13)7(12)5-10/h6-8,11-13,15H,4-5H2,1-3H3. The molecule has 1 aliphatic carbocycles. The smallest absolute Gasteiger partial charge is 0.325 e. The lowest BCUT2D eigenvalue weighted by Gasteiger charge is -2.39. The van der Waals surface area contributed by atoms with Crippen molar-refractivity contribution in [1.82, 2.24) is 0 Å². The van der Waals surface area contributed by atoms with Crippen LogP contribution in [0.4, 0.5) is 0 Å². The molecule has 6 nitrogen and oxygen atoms in total. The van der Waals surface area contributed by atoms with Gasteiger partial charge in [0.15, 0.2) is 5.60 Å². The molecular weight excluding hydrogens is 244 g/mol. The molecule has 1 aliphatic rings. The lowest BCUT2D eigenvalue weighted by Crippen LogP contribution is -2.57. The minimum absolute atomic E-state index is 0.325. The predicted molar refractivity (Wildman–Crippen MR) is 61.6 cm³/mol. The second-order valence-electron chi connectivity index (χ2n) is 5.57. The highest BCUT2D eigenvalue weighted by Crippen LogP contribution is 2.31. The van der Waals surface area contributed by atoms with Gasteiger partial charge in [0.25, 0.3) is 0 Å². The quantitative estimate of drug-likeness (QED) is 0.475. The maximum Gasteiger partial charge on any atom is 0.325 e. The van der Waals surface area contributed by atoms with Crippen LogP contribution >= 0.6 is 0 Å². The molecule has 2 atom stereocenters. The third-order valence-corrected chi connectivity index (χ3v) is 3.46. The Morgan fingerprint density at radius 2 is 1.59 bits per heavy atom. The van der Waals surface area contributed by atoms with Crippen LogP contribution in [0.2, 0.25) is 19.6 Å². The molecule has 4 N–H and O–H groups in total. The van der Waals surface area contributed by atoms with Crippen LogP contribution in [-0.2, 0) is 9.22 Å². The molecule has 1 fully saturated rings. The summed E-state index contributed by atoms with van der Waals surface area (Å²) in [6, 6.07) is 0. The summed E-state index contributed by atoms with van der Waals surface area (Å²) in [5.74, 6) is -0.832. The van der Waals surface area contributed by atoms with Crippen LogP contribution < -0.4 is 0 Å². The number of aliphatic hydroxyl groups excluding tert-OH is 3. The average Bonchev–Trinajstić information content (AvgIpc) is 2.11. The summed E-state index contributed by atoms with van der Waals surface area (Å²) in [6.45, 7) is 5.37. The Labute approximate surface area is 101 Å². The summed E-state index contributed by atoms with van der Waals surface area (Å²) >= 11 is 0. The van der Waals surface area contributed by atoms with Crippen LogP contribution in [0.25, 0.3) is 0 Å². The number of hydrogen-bond acceptors (Lipinski definition) is 6. The molecule has 0 heterocycles. The molecule has 1 rings (SSSR count). The fourth-order valence-electron chi connectivity index (χ4n) is 1.81. The van der Waals surface area contributed by atoms with Gasteiger partial charge >= 0.3 is 5.97 Å². The maximum absolute atomic E-state index is 11.8. The van der Waals surface area contributed by atoms with Crippen molar-refractivity contribution in [3.05, 3.63) is 0 Å². The average molecular weight is 264 g/mol. The van der Waals surface area contributed by atoms with Crippen molar-refractivity contribution >= 4 is 14.3 Å². The Morgan fingerprint density at radius 3 is 1.94 bits per heavy atom. The molecule has 0 spiro atoms. The van der Waals surface area contributed by atoms with Crippen molar-refractivity contribution in [1.29, 1.82) is 0 Å². The van der Waals surface area contributed by atoms with Gasteiger partial charge in [-0.15, -0.1) is 0 Å². The van der Waals surface area contributed by atoms with E-state index in [-0.39, 0.29) is 12.8 Å². The lowest BCUT2D eigenvalue weighted by molar-refractivity contribution is -0.185. The summed E-state index contributed by atoms with van der Waals surface area (Å²) in [7, 11) is -2.15. The third-order valence-electron chi connectivity index (χ3n) is 2.66. The predicted octanol–water partition coefficient (Wildman–Crippen LogP) is -1.03. The highest BCUT2D eigenvalue weighted by molar-refractivity contribution is 6.71. The molecule has 0 aromatic heterocycles. The van der Waals surface area contributed by atoms with E-state index in [0.29, 0.717) is 0 Å². The van der Waals surface area contributed by atoms with Gasteiger partial charge in [0, 0.05) is 12.8 Å². The molecule has 0 aromatic carbocycles. The van der Waals surface area contributed by atoms with E-state index in [0.717, 1.165) is 0 Å². The van der Waals surface area contributed by atoms with Crippen molar-refractivity contribution in [3.8, 4) is 0 Å². The van der Waals surface area contributed by atoms with Crippen LogP contribution in [0, 0.1) is 0 Å². The maximum atomic E-state index is 11.8. The monoisotopic (exact) mass is 264 g/mol. The van der Waals surface area contributed by atoms with E-state index in [1.165, 1.54) is 0 Å². The highest BCUT2D eigenvalue weighted by atomic mass is 28.4. The van der Waals surface area contributed by atoms with Gasteiger partial charge in [0.2, 0.25) is 8.32 Å². The van der Waals surface area contributed by atoms with Crippen LogP contribution in [0.15, 0.2) is 0 Å². The summed E-state index contributed by atoms with van der Waals surface area (Å²) in [5.41, 5.74) is -1.92. The van der Waals surface area contributed by atoms with E-state index in [2.05, 4.69) is 0 Å². The Balaban J connectivity index is 2.78. The fraction of sp³-hybridized carbons (Fsp3) is 0.900. The SMILES string of the molecule is C[Si](C)(C)OC(=O)C1(O)CC(O)C(O)C(O)C1.